The number of halogens is 2. The monoisotopic (exact) mass is 200 g/mol. The van der Waals surface area contributed by atoms with Gasteiger partial charge >= 0.3 is 0 Å². The molecule has 0 bridgehead atoms. The molecule has 1 atom stereocenters. The fraction of sp³-hybridized carbons (Fsp3) is 0.222. The average molecular weight is 200 g/mol. The number of nitrogens with two attached hydrogens (primary N) is 2. The van der Waals surface area contributed by atoms with Crippen molar-refractivity contribution < 1.29 is 13.6 Å². The molecule has 3 nitrogen and oxygen atoms in total. The highest BCUT2D eigenvalue weighted by molar-refractivity contribution is 5.74. The van der Waals surface area contributed by atoms with Crippen molar-refractivity contribution in [2.24, 2.45) is 11.5 Å². The Hall–Kier alpha value is -1.49. The minimum Gasteiger partial charge on any atom is -0.370 e. The first-order valence-electron chi connectivity index (χ1n) is 3.99. The Kier molecular flexibility index (Phi) is 3.14. The number of primary amides is 1. The lowest BCUT2D eigenvalue weighted by Crippen LogP contribution is -2.21. The molecule has 76 valence electrons. The zero-order valence-corrected chi connectivity index (χ0v) is 7.34. The predicted molar refractivity (Wildman–Crippen MR) is 47.1 cm³/mol. The van der Waals surface area contributed by atoms with Crippen LogP contribution in [-0.4, -0.2) is 5.91 Å². The number of rotatable bonds is 3. The molecular weight excluding hydrogens is 190 g/mol. The summed E-state index contributed by atoms with van der Waals surface area (Å²) in [6.07, 6.45) is -0.164. The third-order valence-corrected chi connectivity index (χ3v) is 1.78. The summed E-state index contributed by atoms with van der Waals surface area (Å²) in [6, 6.07) is 2.18. The smallest absolute Gasteiger partial charge is 0.219 e. The second-order valence-electron chi connectivity index (χ2n) is 2.94. The molecule has 0 saturated heterocycles. The Labute approximate surface area is 79.7 Å². The molecule has 0 aliphatic heterocycles. The van der Waals surface area contributed by atoms with Crippen molar-refractivity contribution in [1.82, 2.24) is 0 Å². The van der Waals surface area contributed by atoms with Gasteiger partial charge in [0.2, 0.25) is 5.91 Å². The van der Waals surface area contributed by atoms with Gasteiger partial charge in [-0.2, -0.15) is 0 Å². The number of carbonyl (C=O) groups is 1. The van der Waals surface area contributed by atoms with Crippen LogP contribution in [0.2, 0.25) is 0 Å². The highest BCUT2D eigenvalue weighted by Gasteiger charge is 2.13. The molecule has 0 aliphatic rings. The van der Waals surface area contributed by atoms with Crippen LogP contribution in [0.4, 0.5) is 8.78 Å². The highest BCUT2D eigenvalue weighted by Crippen LogP contribution is 2.18. The molecule has 0 radical (unpaired) electrons. The molecule has 0 aliphatic carbocycles. The molecule has 5 heteroatoms. The lowest BCUT2D eigenvalue weighted by molar-refractivity contribution is -0.118. The normalized spacial score (nSPS) is 12.5. The van der Waals surface area contributed by atoms with Gasteiger partial charge in [0.25, 0.3) is 0 Å². The van der Waals surface area contributed by atoms with E-state index in [0.717, 1.165) is 12.1 Å². The first-order valence-corrected chi connectivity index (χ1v) is 3.99. The molecule has 1 rings (SSSR count). The van der Waals surface area contributed by atoms with Crippen LogP contribution < -0.4 is 11.5 Å². The van der Waals surface area contributed by atoms with Gasteiger partial charge in [-0.3, -0.25) is 4.79 Å². The van der Waals surface area contributed by atoms with E-state index < -0.39 is 23.6 Å². The molecule has 1 aromatic carbocycles. The third-order valence-electron chi connectivity index (χ3n) is 1.78. The Balaban J connectivity index is 2.90. The summed E-state index contributed by atoms with van der Waals surface area (Å²) in [6.45, 7) is 0. The Morgan fingerprint density at radius 2 is 2.07 bits per heavy atom. The summed E-state index contributed by atoms with van der Waals surface area (Å²) in [5, 5.41) is 0. The number of benzene rings is 1. The van der Waals surface area contributed by atoms with E-state index in [4.69, 9.17) is 11.5 Å². The van der Waals surface area contributed by atoms with Crippen molar-refractivity contribution >= 4 is 5.91 Å². The van der Waals surface area contributed by atoms with Gasteiger partial charge < -0.3 is 11.5 Å². The average Bonchev–Trinajstić information content (AvgIpc) is 2.01. The van der Waals surface area contributed by atoms with Crippen LogP contribution in [-0.2, 0) is 4.79 Å². The van der Waals surface area contributed by atoms with Gasteiger partial charge in [0, 0.05) is 24.1 Å². The van der Waals surface area contributed by atoms with Crippen LogP contribution in [0.3, 0.4) is 0 Å². The van der Waals surface area contributed by atoms with Gasteiger partial charge in [-0.1, -0.05) is 6.07 Å². The zero-order chi connectivity index (χ0) is 10.7. The molecule has 0 heterocycles. The molecule has 1 unspecified atom stereocenters. The van der Waals surface area contributed by atoms with Crippen LogP contribution in [0.25, 0.3) is 0 Å². The van der Waals surface area contributed by atoms with Crippen LogP contribution in [0.5, 0.6) is 0 Å². The minimum atomic E-state index is -0.826. The molecule has 14 heavy (non-hydrogen) atoms. The van der Waals surface area contributed by atoms with Crippen molar-refractivity contribution in [3.63, 3.8) is 0 Å². The number of carbonyl (C=O) groups excluding carboxylic acids is 1. The van der Waals surface area contributed by atoms with E-state index in [2.05, 4.69) is 0 Å². The fourth-order valence-electron chi connectivity index (χ4n) is 1.13. The number of hydrogen-bond donors (Lipinski definition) is 2. The van der Waals surface area contributed by atoms with E-state index in [-0.39, 0.29) is 12.0 Å². The van der Waals surface area contributed by atoms with Crippen molar-refractivity contribution in [3.05, 3.63) is 35.4 Å². The van der Waals surface area contributed by atoms with E-state index in [1.165, 1.54) is 6.07 Å². The summed E-state index contributed by atoms with van der Waals surface area (Å²) < 4.78 is 25.6. The summed E-state index contributed by atoms with van der Waals surface area (Å²) in [7, 11) is 0. The second-order valence-corrected chi connectivity index (χ2v) is 2.94. The van der Waals surface area contributed by atoms with Crippen LogP contribution >= 0.6 is 0 Å². The summed E-state index contributed by atoms with van der Waals surface area (Å²) in [5.74, 6) is -2.07. The van der Waals surface area contributed by atoms with Gasteiger partial charge in [0.1, 0.15) is 11.6 Å². The SMILES string of the molecule is NC(=O)CC(N)c1ccc(F)cc1F. The quantitative estimate of drug-likeness (QED) is 0.759. The first-order chi connectivity index (χ1) is 6.50. The molecule has 1 aromatic rings. The molecule has 0 aromatic heterocycles. The largest absolute Gasteiger partial charge is 0.370 e. The lowest BCUT2D eigenvalue weighted by Gasteiger charge is -2.10. The molecule has 0 spiro atoms. The second kappa shape index (κ2) is 4.15. The van der Waals surface area contributed by atoms with E-state index >= 15 is 0 Å². The van der Waals surface area contributed by atoms with Crippen molar-refractivity contribution in [3.8, 4) is 0 Å². The van der Waals surface area contributed by atoms with Crippen LogP contribution in [0.1, 0.15) is 18.0 Å². The van der Waals surface area contributed by atoms with E-state index in [9.17, 15) is 13.6 Å². The van der Waals surface area contributed by atoms with Gasteiger partial charge in [-0.05, 0) is 6.07 Å². The van der Waals surface area contributed by atoms with Crippen LogP contribution in [0.15, 0.2) is 18.2 Å². The van der Waals surface area contributed by atoms with Gasteiger partial charge in [0.15, 0.2) is 0 Å². The Bertz CT molecular complexity index is 355. The highest BCUT2D eigenvalue weighted by atomic mass is 19.1. The van der Waals surface area contributed by atoms with Gasteiger partial charge in [0.05, 0.1) is 0 Å². The van der Waals surface area contributed by atoms with E-state index in [1.807, 2.05) is 0 Å². The molecule has 0 fully saturated rings. The molecule has 1 amide bonds. The van der Waals surface area contributed by atoms with Gasteiger partial charge in [-0.25, -0.2) is 8.78 Å². The van der Waals surface area contributed by atoms with Crippen molar-refractivity contribution in [2.45, 2.75) is 12.5 Å². The maximum atomic E-state index is 13.1. The zero-order valence-electron chi connectivity index (χ0n) is 7.34. The Morgan fingerprint density at radius 3 is 2.57 bits per heavy atom. The van der Waals surface area contributed by atoms with E-state index in [0.29, 0.717) is 0 Å². The van der Waals surface area contributed by atoms with Crippen LogP contribution in [0, 0.1) is 11.6 Å². The summed E-state index contributed by atoms with van der Waals surface area (Å²) in [5.41, 5.74) is 10.5. The summed E-state index contributed by atoms with van der Waals surface area (Å²) in [4.78, 5) is 10.5. The lowest BCUT2D eigenvalue weighted by atomic mass is 10.0. The fourth-order valence-corrected chi connectivity index (χ4v) is 1.13. The number of amides is 1. The Morgan fingerprint density at radius 1 is 1.43 bits per heavy atom. The standard InChI is InChI=1S/C9H10F2N2O/c10-5-1-2-6(7(11)3-5)8(12)4-9(13)14/h1-3,8H,4,12H2,(H2,13,14). The third kappa shape index (κ3) is 2.50. The van der Waals surface area contributed by atoms with Crippen molar-refractivity contribution in [1.29, 1.82) is 0 Å². The topological polar surface area (TPSA) is 69.1 Å². The van der Waals surface area contributed by atoms with Gasteiger partial charge in [-0.15, -0.1) is 0 Å². The minimum absolute atomic E-state index is 0.0881. The maximum Gasteiger partial charge on any atom is 0.219 e. The molecular formula is C9H10F2N2O. The number of hydrogen-bond acceptors (Lipinski definition) is 2. The predicted octanol–water partition coefficient (Wildman–Crippen LogP) is 0.840. The maximum absolute atomic E-state index is 13.1. The van der Waals surface area contributed by atoms with Crippen molar-refractivity contribution in [2.75, 3.05) is 0 Å². The van der Waals surface area contributed by atoms with E-state index in [1.54, 1.807) is 0 Å². The molecule has 0 saturated carbocycles. The molecule has 4 N–H and O–H groups in total. The first kappa shape index (κ1) is 10.6. The summed E-state index contributed by atoms with van der Waals surface area (Å²) >= 11 is 0.